The summed E-state index contributed by atoms with van der Waals surface area (Å²) >= 11 is 6.41. The van der Waals surface area contributed by atoms with Gasteiger partial charge in [-0.3, -0.25) is 4.79 Å². The fraction of sp³-hybridized carbons (Fsp3) is 0.500. The first kappa shape index (κ1) is 13.5. The first-order valence-electron chi connectivity index (χ1n) is 5.90. The van der Waals surface area contributed by atoms with Gasteiger partial charge >= 0.3 is 0 Å². The molecule has 1 saturated heterocycles. The number of amides is 1. The summed E-state index contributed by atoms with van der Waals surface area (Å²) in [5, 5.41) is 1.96. The lowest BCUT2D eigenvalue weighted by Crippen LogP contribution is -2.49. The molecule has 1 aromatic rings. The van der Waals surface area contributed by atoms with Crippen LogP contribution in [0.4, 0.5) is 0 Å². The van der Waals surface area contributed by atoms with E-state index in [9.17, 15) is 4.79 Å². The van der Waals surface area contributed by atoms with Crippen LogP contribution in [0.2, 0.25) is 0 Å². The van der Waals surface area contributed by atoms with Gasteiger partial charge < -0.3 is 15.4 Å². The molecule has 2 rings (SSSR count). The average Bonchev–Trinajstić information content (AvgIpc) is 2.86. The van der Waals surface area contributed by atoms with Gasteiger partial charge in [-0.25, -0.2) is 0 Å². The Hall–Kier alpha value is -0.980. The predicted octanol–water partition coefficient (Wildman–Crippen LogP) is 1.44. The molecule has 2 heterocycles. The van der Waals surface area contributed by atoms with Crippen molar-refractivity contribution in [2.24, 2.45) is 5.73 Å². The van der Waals surface area contributed by atoms with Crippen LogP contribution < -0.4 is 5.73 Å². The van der Waals surface area contributed by atoms with E-state index in [1.807, 2.05) is 11.4 Å². The number of thiocarbonyl (C=S) groups is 1. The Balaban J connectivity index is 2.11. The summed E-state index contributed by atoms with van der Waals surface area (Å²) in [7, 11) is 0. The lowest BCUT2D eigenvalue weighted by molar-refractivity contribution is 0.00898. The molecule has 0 aromatic carbocycles. The maximum atomic E-state index is 12.4. The van der Waals surface area contributed by atoms with Crippen LogP contribution in [0.3, 0.4) is 0 Å². The van der Waals surface area contributed by atoms with Gasteiger partial charge in [0, 0.05) is 6.54 Å². The van der Waals surface area contributed by atoms with Gasteiger partial charge in [0.15, 0.2) is 0 Å². The maximum Gasteiger partial charge on any atom is 0.264 e. The number of rotatable bonds is 3. The molecule has 1 aromatic heterocycles. The van der Waals surface area contributed by atoms with E-state index >= 15 is 0 Å². The summed E-state index contributed by atoms with van der Waals surface area (Å²) in [4.78, 5) is 15.3. The van der Waals surface area contributed by atoms with E-state index in [0.717, 1.165) is 16.9 Å². The van der Waals surface area contributed by atoms with Gasteiger partial charge in [-0.05, 0) is 23.4 Å². The Morgan fingerprint density at radius 3 is 3.17 bits per heavy atom. The van der Waals surface area contributed by atoms with Crippen molar-refractivity contribution in [3.8, 4) is 0 Å². The van der Waals surface area contributed by atoms with Crippen molar-refractivity contribution >= 4 is 34.5 Å². The summed E-state index contributed by atoms with van der Waals surface area (Å²) in [6.07, 6.45) is 0.552. The van der Waals surface area contributed by atoms with Crippen LogP contribution in [0.15, 0.2) is 11.4 Å². The van der Waals surface area contributed by atoms with Crippen molar-refractivity contribution in [2.45, 2.75) is 19.4 Å². The van der Waals surface area contributed by atoms with E-state index in [4.69, 9.17) is 22.7 Å². The molecule has 0 radical (unpaired) electrons. The number of hydrogen-bond acceptors (Lipinski definition) is 4. The van der Waals surface area contributed by atoms with E-state index in [1.165, 1.54) is 11.3 Å². The van der Waals surface area contributed by atoms with E-state index < -0.39 is 0 Å². The molecule has 1 atom stereocenters. The molecule has 98 valence electrons. The molecule has 4 nitrogen and oxygen atoms in total. The molecular weight excluding hydrogens is 268 g/mol. The van der Waals surface area contributed by atoms with Gasteiger partial charge in [-0.1, -0.05) is 19.1 Å². The minimum Gasteiger partial charge on any atom is -0.391 e. The molecule has 1 unspecified atom stereocenters. The highest BCUT2D eigenvalue weighted by molar-refractivity contribution is 7.80. The number of hydrogen-bond donors (Lipinski definition) is 1. The molecule has 1 aliphatic heterocycles. The Labute approximate surface area is 116 Å². The summed E-state index contributed by atoms with van der Waals surface area (Å²) in [6, 6.07) is 2.00. The minimum atomic E-state index is -0.317. The lowest BCUT2D eigenvalue weighted by Gasteiger charge is -2.32. The molecular formula is C12H16N2O2S2. The fourth-order valence-corrected chi connectivity index (χ4v) is 3.06. The quantitative estimate of drug-likeness (QED) is 0.853. The van der Waals surface area contributed by atoms with Gasteiger partial charge in [-0.2, -0.15) is 0 Å². The van der Waals surface area contributed by atoms with E-state index in [-0.39, 0.29) is 12.0 Å². The molecule has 18 heavy (non-hydrogen) atoms. The summed E-state index contributed by atoms with van der Waals surface area (Å²) in [5.41, 5.74) is 6.68. The first-order valence-corrected chi connectivity index (χ1v) is 7.18. The monoisotopic (exact) mass is 284 g/mol. The molecule has 1 aliphatic rings. The van der Waals surface area contributed by atoms with Crippen molar-refractivity contribution in [1.29, 1.82) is 0 Å². The van der Waals surface area contributed by atoms with Crippen LogP contribution in [0.25, 0.3) is 0 Å². The first-order chi connectivity index (χ1) is 8.63. The van der Waals surface area contributed by atoms with Crippen LogP contribution in [-0.2, 0) is 11.2 Å². The predicted molar refractivity (Wildman–Crippen MR) is 76.1 cm³/mol. The molecule has 1 fully saturated rings. The van der Waals surface area contributed by atoms with Gasteiger partial charge in [0.1, 0.15) is 11.1 Å². The van der Waals surface area contributed by atoms with E-state index in [0.29, 0.717) is 24.7 Å². The third-order valence-electron chi connectivity index (χ3n) is 2.99. The molecule has 0 spiro atoms. The number of thiophene rings is 1. The zero-order valence-corrected chi connectivity index (χ0v) is 11.9. The van der Waals surface area contributed by atoms with Crippen LogP contribution >= 0.6 is 23.6 Å². The van der Waals surface area contributed by atoms with Crippen LogP contribution in [0.5, 0.6) is 0 Å². The van der Waals surface area contributed by atoms with Crippen molar-refractivity contribution in [2.75, 3.05) is 19.7 Å². The van der Waals surface area contributed by atoms with Gasteiger partial charge in [0.05, 0.1) is 18.0 Å². The van der Waals surface area contributed by atoms with E-state index in [2.05, 4.69) is 6.92 Å². The van der Waals surface area contributed by atoms with Gasteiger partial charge in [0.2, 0.25) is 0 Å². The second kappa shape index (κ2) is 5.77. The number of carbonyl (C=O) groups excluding carboxylic acids is 1. The van der Waals surface area contributed by atoms with Crippen molar-refractivity contribution < 1.29 is 9.53 Å². The second-order valence-corrected chi connectivity index (χ2v) is 5.53. The Morgan fingerprint density at radius 1 is 1.72 bits per heavy atom. The summed E-state index contributed by atoms with van der Waals surface area (Å²) < 4.78 is 5.44. The number of carbonyl (C=O) groups is 1. The zero-order chi connectivity index (χ0) is 13.1. The lowest BCUT2D eigenvalue weighted by atomic mass is 10.2. The van der Waals surface area contributed by atoms with Crippen molar-refractivity contribution in [3.63, 3.8) is 0 Å². The van der Waals surface area contributed by atoms with Gasteiger partial charge in [0.25, 0.3) is 5.91 Å². The highest BCUT2D eigenvalue weighted by atomic mass is 32.1. The third kappa shape index (κ3) is 2.71. The largest absolute Gasteiger partial charge is 0.391 e. The third-order valence-corrected chi connectivity index (χ3v) is 4.20. The molecule has 0 aliphatic carbocycles. The van der Waals surface area contributed by atoms with E-state index in [1.54, 1.807) is 4.90 Å². The summed E-state index contributed by atoms with van der Waals surface area (Å²) in [6.45, 7) is 3.59. The minimum absolute atomic E-state index is 0.0615. The van der Waals surface area contributed by atoms with Crippen LogP contribution in [0, 0.1) is 0 Å². The van der Waals surface area contributed by atoms with Crippen molar-refractivity contribution in [1.82, 2.24) is 4.90 Å². The zero-order valence-electron chi connectivity index (χ0n) is 10.2. The van der Waals surface area contributed by atoms with Gasteiger partial charge in [-0.15, -0.1) is 11.3 Å². The number of morpholine rings is 1. The Morgan fingerprint density at radius 2 is 2.50 bits per heavy atom. The standard InChI is InChI=1S/C12H16N2O2S2/c1-2-8-3-6-18-10(8)12(15)14-4-5-16-9(7-14)11(13)17/h3,6,9H,2,4-5,7H2,1H3,(H2,13,17). The highest BCUT2D eigenvalue weighted by Crippen LogP contribution is 2.20. The molecule has 1 amide bonds. The fourth-order valence-electron chi connectivity index (χ4n) is 1.95. The Bertz CT molecular complexity index is 459. The number of ether oxygens (including phenoxy) is 1. The Kier molecular flexibility index (Phi) is 4.31. The normalized spacial score (nSPS) is 19.8. The topological polar surface area (TPSA) is 55.6 Å². The van der Waals surface area contributed by atoms with Crippen molar-refractivity contribution in [3.05, 3.63) is 21.9 Å². The summed E-state index contributed by atoms with van der Waals surface area (Å²) in [5.74, 6) is 0.0615. The highest BCUT2D eigenvalue weighted by Gasteiger charge is 2.27. The molecule has 0 bridgehead atoms. The molecule has 6 heteroatoms. The SMILES string of the molecule is CCc1ccsc1C(=O)N1CCOC(C(N)=S)C1. The number of aryl methyl sites for hydroxylation is 1. The molecule has 2 N–H and O–H groups in total. The van der Waals surface area contributed by atoms with Crippen LogP contribution in [-0.4, -0.2) is 41.6 Å². The second-order valence-electron chi connectivity index (χ2n) is 4.14. The number of nitrogens with zero attached hydrogens (tertiary/aromatic N) is 1. The maximum absolute atomic E-state index is 12.4. The average molecular weight is 284 g/mol. The molecule has 0 saturated carbocycles. The number of nitrogens with two attached hydrogens (primary N) is 1. The van der Waals surface area contributed by atoms with Crippen LogP contribution in [0.1, 0.15) is 22.2 Å². The smallest absolute Gasteiger partial charge is 0.264 e.